The van der Waals surface area contributed by atoms with Crippen LogP contribution in [0.5, 0.6) is 0 Å². The van der Waals surface area contributed by atoms with E-state index in [9.17, 15) is 25.2 Å². The van der Waals surface area contributed by atoms with Crippen LogP contribution >= 0.6 is 0 Å². The Balaban J connectivity index is 2.26. The maximum atomic E-state index is 12.7. The molecule has 6 unspecified atom stereocenters. The molecule has 1 aliphatic rings. The molecule has 0 aromatic carbocycles. The number of carbonyl (C=O) groups is 1. The Labute approximate surface area is 321 Å². The molecule has 1 fully saturated rings. The molecule has 0 aromatic heterocycles. The molecule has 53 heavy (non-hydrogen) atoms. The minimum atomic E-state index is -1.54. The Morgan fingerprint density at radius 3 is 1.74 bits per heavy atom. The first kappa shape index (κ1) is 48.6. The second-order valence-corrected chi connectivity index (χ2v) is 13.7. The molecule has 6 atom stereocenters. The Kier molecular flexibility index (Phi) is 32.4. The van der Waals surface area contributed by atoms with Crippen LogP contribution in [0.3, 0.4) is 0 Å². The summed E-state index contributed by atoms with van der Waals surface area (Å²) in [5, 5.41) is 39.9. The van der Waals surface area contributed by atoms with E-state index in [2.05, 4.69) is 86.8 Å². The SMILES string of the molecule is CC/C=C\C/C=C\C/C=C\C/C=C\C/C=C\C/C=C\CCCCCCC(=O)OC(COCCCCCCCCC)COC1OC(CO)C(O)C(O)C1O. The fourth-order valence-electron chi connectivity index (χ4n) is 5.67. The summed E-state index contributed by atoms with van der Waals surface area (Å²) >= 11 is 0. The molecule has 1 rings (SSSR count). The molecule has 0 aromatic rings. The molecule has 0 radical (unpaired) electrons. The molecule has 0 aliphatic carbocycles. The van der Waals surface area contributed by atoms with Crippen LogP contribution in [-0.2, 0) is 23.7 Å². The average molecular weight is 747 g/mol. The number of ether oxygens (including phenoxy) is 4. The number of aliphatic hydroxyl groups excluding tert-OH is 4. The van der Waals surface area contributed by atoms with Crippen LogP contribution < -0.4 is 0 Å². The molecule has 1 aliphatic heterocycles. The van der Waals surface area contributed by atoms with Crippen LogP contribution in [0.25, 0.3) is 0 Å². The van der Waals surface area contributed by atoms with Gasteiger partial charge < -0.3 is 39.4 Å². The van der Waals surface area contributed by atoms with Crippen LogP contribution in [0.2, 0.25) is 0 Å². The van der Waals surface area contributed by atoms with Crippen molar-refractivity contribution < 1.29 is 44.2 Å². The van der Waals surface area contributed by atoms with Crippen molar-refractivity contribution >= 4 is 5.97 Å². The van der Waals surface area contributed by atoms with E-state index in [0.29, 0.717) is 6.61 Å². The monoisotopic (exact) mass is 747 g/mol. The van der Waals surface area contributed by atoms with E-state index in [1.807, 2.05) is 0 Å². The largest absolute Gasteiger partial charge is 0.457 e. The summed E-state index contributed by atoms with van der Waals surface area (Å²) < 4.78 is 22.6. The summed E-state index contributed by atoms with van der Waals surface area (Å²) in [4.78, 5) is 12.7. The van der Waals surface area contributed by atoms with Gasteiger partial charge in [-0.05, 0) is 64.2 Å². The lowest BCUT2D eigenvalue weighted by Gasteiger charge is -2.39. The van der Waals surface area contributed by atoms with E-state index in [4.69, 9.17) is 18.9 Å². The topological polar surface area (TPSA) is 135 Å². The standard InChI is InChI=1S/C44H74O9/c1-3-5-7-9-11-12-13-14-15-16-17-18-19-20-21-22-23-24-25-26-27-29-31-33-40(46)52-38(36-50-34-32-30-28-10-8-6-4-2)37-51-44-43(49)42(48)41(47)39(35-45)53-44/h5,7,11-12,14-15,17-18,20-21,23-24,38-39,41-45,47-49H,3-4,6,8-10,13,16,19,22,25-37H2,1-2H3/b7-5-,12-11-,15-14-,18-17-,21-20-,24-23-. The Morgan fingerprint density at radius 1 is 0.623 bits per heavy atom. The fraction of sp³-hybridized carbons (Fsp3) is 0.705. The normalized spacial score (nSPS) is 21.8. The summed E-state index contributed by atoms with van der Waals surface area (Å²) in [6.45, 7) is 4.35. The molecular weight excluding hydrogens is 672 g/mol. The Bertz CT molecular complexity index is 1030. The van der Waals surface area contributed by atoms with Crippen molar-refractivity contribution in [2.45, 2.75) is 173 Å². The van der Waals surface area contributed by atoms with Crippen molar-refractivity contribution in [1.82, 2.24) is 0 Å². The minimum absolute atomic E-state index is 0.128. The first-order chi connectivity index (χ1) is 25.9. The van der Waals surface area contributed by atoms with Gasteiger partial charge in [0.25, 0.3) is 0 Å². The van der Waals surface area contributed by atoms with Crippen molar-refractivity contribution in [1.29, 1.82) is 0 Å². The van der Waals surface area contributed by atoms with Gasteiger partial charge in [-0.25, -0.2) is 0 Å². The summed E-state index contributed by atoms with van der Waals surface area (Å²) in [7, 11) is 0. The smallest absolute Gasteiger partial charge is 0.306 e. The van der Waals surface area contributed by atoms with Crippen molar-refractivity contribution in [2.75, 3.05) is 26.4 Å². The van der Waals surface area contributed by atoms with Gasteiger partial charge in [0.15, 0.2) is 6.29 Å². The van der Waals surface area contributed by atoms with E-state index in [1.54, 1.807) is 0 Å². The van der Waals surface area contributed by atoms with Crippen LogP contribution in [0.1, 0.15) is 136 Å². The lowest BCUT2D eigenvalue weighted by atomic mass is 9.99. The molecule has 0 amide bonds. The van der Waals surface area contributed by atoms with Gasteiger partial charge in [0.1, 0.15) is 30.5 Å². The zero-order valence-electron chi connectivity index (χ0n) is 33.0. The molecular formula is C44H74O9. The van der Waals surface area contributed by atoms with Gasteiger partial charge in [-0.1, -0.05) is 138 Å². The highest BCUT2D eigenvalue weighted by atomic mass is 16.7. The van der Waals surface area contributed by atoms with Gasteiger partial charge in [-0.15, -0.1) is 0 Å². The molecule has 0 spiro atoms. The summed E-state index contributed by atoms with van der Waals surface area (Å²) in [6.07, 6.45) is 38.0. The summed E-state index contributed by atoms with van der Waals surface area (Å²) in [5.41, 5.74) is 0. The fourth-order valence-corrected chi connectivity index (χ4v) is 5.67. The molecule has 9 nitrogen and oxygen atoms in total. The molecule has 0 bridgehead atoms. The molecule has 4 N–H and O–H groups in total. The Hall–Kier alpha value is -2.37. The zero-order chi connectivity index (χ0) is 38.6. The van der Waals surface area contributed by atoms with Crippen molar-refractivity contribution in [3.8, 4) is 0 Å². The number of hydrogen-bond acceptors (Lipinski definition) is 9. The highest BCUT2D eigenvalue weighted by Crippen LogP contribution is 2.22. The van der Waals surface area contributed by atoms with Crippen LogP contribution in [0.4, 0.5) is 0 Å². The van der Waals surface area contributed by atoms with Crippen LogP contribution in [-0.4, -0.2) is 89.6 Å². The second-order valence-electron chi connectivity index (χ2n) is 13.7. The molecule has 9 heteroatoms. The van der Waals surface area contributed by atoms with Gasteiger partial charge in [0, 0.05) is 13.0 Å². The molecule has 0 saturated carbocycles. The average Bonchev–Trinajstić information content (AvgIpc) is 3.16. The first-order valence-corrected chi connectivity index (χ1v) is 20.5. The number of aliphatic hydroxyl groups is 4. The number of carbonyl (C=O) groups excluding carboxylic acids is 1. The second kappa shape index (κ2) is 35.3. The lowest BCUT2D eigenvalue weighted by Crippen LogP contribution is -2.59. The van der Waals surface area contributed by atoms with E-state index in [-0.39, 0.29) is 25.6 Å². The third-order valence-electron chi connectivity index (χ3n) is 8.89. The van der Waals surface area contributed by atoms with Crippen LogP contribution in [0, 0.1) is 0 Å². The minimum Gasteiger partial charge on any atom is -0.457 e. The highest BCUT2D eigenvalue weighted by molar-refractivity contribution is 5.69. The Morgan fingerprint density at radius 2 is 1.15 bits per heavy atom. The number of rotatable bonds is 33. The molecule has 1 heterocycles. The van der Waals surface area contributed by atoms with Gasteiger partial charge >= 0.3 is 5.97 Å². The third-order valence-corrected chi connectivity index (χ3v) is 8.89. The predicted molar refractivity (Wildman–Crippen MR) is 214 cm³/mol. The van der Waals surface area contributed by atoms with Crippen molar-refractivity contribution in [3.63, 3.8) is 0 Å². The maximum Gasteiger partial charge on any atom is 0.306 e. The van der Waals surface area contributed by atoms with E-state index in [1.165, 1.54) is 32.1 Å². The molecule has 1 saturated heterocycles. The van der Waals surface area contributed by atoms with E-state index >= 15 is 0 Å². The number of allylic oxidation sites excluding steroid dienone is 12. The van der Waals surface area contributed by atoms with Crippen molar-refractivity contribution in [3.05, 3.63) is 72.9 Å². The number of hydrogen-bond donors (Lipinski definition) is 4. The maximum absolute atomic E-state index is 12.7. The highest BCUT2D eigenvalue weighted by Gasteiger charge is 2.44. The van der Waals surface area contributed by atoms with E-state index < -0.39 is 43.4 Å². The van der Waals surface area contributed by atoms with Gasteiger partial charge in [0.2, 0.25) is 0 Å². The van der Waals surface area contributed by atoms with Gasteiger partial charge in [-0.2, -0.15) is 0 Å². The third kappa shape index (κ3) is 27.0. The number of esters is 1. The zero-order valence-corrected chi connectivity index (χ0v) is 33.0. The van der Waals surface area contributed by atoms with E-state index in [0.717, 1.165) is 83.5 Å². The summed E-state index contributed by atoms with van der Waals surface area (Å²) in [6, 6.07) is 0. The lowest BCUT2D eigenvalue weighted by molar-refractivity contribution is -0.305. The summed E-state index contributed by atoms with van der Waals surface area (Å²) in [5.74, 6) is -0.344. The first-order valence-electron chi connectivity index (χ1n) is 20.5. The number of unbranched alkanes of at least 4 members (excludes halogenated alkanes) is 10. The quantitative estimate of drug-likeness (QED) is 0.0296. The van der Waals surface area contributed by atoms with Crippen LogP contribution in [0.15, 0.2) is 72.9 Å². The van der Waals surface area contributed by atoms with Crippen molar-refractivity contribution in [2.24, 2.45) is 0 Å². The van der Waals surface area contributed by atoms with Gasteiger partial charge in [-0.3, -0.25) is 4.79 Å². The predicted octanol–water partition coefficient (Wildman–Crippen LogP) is 8.52. The molecule has 304 valence electrons. The van der Waals surface area contributed by atoms with Gasteiger partial charge in [0.05, 0.1) is 19.8 Å².